The molecular weight excluding hydrogens is 136 g/mol. The lowest BCUT2D eigenvalue weighted by atomic mass is 10.1. The van der Waals surface area contributed by atoms with Gasteiger partial charge in [-0.2, -0.15) is 0 Å². The van der Waals surface area contributed by atoms with Crippen LogP contribution in [0.25, 0.3) is 0 Å². The van der Waals surface area contributed by atoms with E-state index in [0.29, 0.717) is 6.10 Å². The van der Waals surface area contributed by atoms with Gasteiger partial charge >= 0.3 is 0 Å². The van der Waals surface area contributed by atoms with E-state index in [4.69, 9.17) is 4.74 Å². The van der Waals surface area contributed by atoms with Crippen LogP contribution in [0.4, 0.5) is 0 Å². The summed E-state index contributed by atoms with van der Waals surface area (Å²) < 4.78 is 5.17. The van der Waals surface area contributed by atoms with Crippen LogP contribution in [-0.4, -0.2) is 6.61 Å². The quantitative estimate of drug-likeness (QED) is 0.586. The first kappa shape index (κ1) is 6.86. The number of ether oxygens (including phenoxy) is 1. The molecule has 0 N–H and O–H groups in total. The molecule has 58 valence electrons. The van der Waals surface area contributed by atoms with Gasteiger partial charge in [0.15, 0.2) is 0 Å². The Morgan fingerprint density at radius 3 is 2.45 bits per heavy atom. The fraction of sp³-hybridized carbons (Fsp3) is 0.400. The van der Waals surface area contributed by atoms with Gasteiger partial charge in [0.05, 0.1) is 6.61 Å². The average Bonchev–Trinajstić information content (AvgIpc) is 2.87. The van der Waals surface area contributed by atoms with E-state index in [2.05, 4.69) is 31.2 Å². The maximum absolute atomic E-state index is 5.17. The van der Waals surface area contributed by atoms with Crippen LogP contribution in [0.1, 0.15) is 24.2 Å². The Balaban J connectivity index is 2.19. The Bertz CT molecular complexity index is 234. The van der Waals surface area contributed by atoms with E-state index in [1.807, 2.05) is 0 Å². The predicted molar refractivity (Wildman–Crippen MR) is 44.5 cm³/mol. The molecule has 0 radical (unpaired) electrons. The molecule has 1 aromatic carbocycles. The van der Waals surface area contributed by atoms with Crippen molar-refractivity contribution in [2.75, 3.05) is 6.61 Å². The van der Waals surface area contributed by atoms with Crippen molar-refractivity contribution in [1.29, 1.82) is 0 Å². The lowest BCUT2D eigenvalue weighted by Crippen LogP contribution is -1.82. The molecule has 1 aromatic rings. The molecule has 1 aliphatic rings. The second kappa shape index (κ2) is 2.67. The molecule has 0 saturated carbocycles. The second-order valence-corrected chi connectivity index (χ2v) is 2.92. The molecule has 1 aliphatic heterocycles. The standard InChI is InChI=1S/C10H12O/c1-2-8-3-5-9(6-4-8)10-7-11-10/h3-6,10H,2,7H2,1H3/t10-/m0/s1. The lowest BCUT2D eigenvalue weighted by Gasteiger charge is -1.97. The van der Waals surface area contributed by atoms with Crippen molar-refractivity contribution in [3.8, 4) is 0 Å². The monoisotopic (exact) mass is 148 g/mol. The van der Waals surface area contributed by atoms with Crippen molar-refractivity contribution >= 4 is 0 Å². The summed E-state index contributed by atoms with van der Waals surface area (Å²) in [7, 11) is 0. The van der Waals surface area contributed by atoms with E-state index in [0.717, 1.165) is 13.0 Å². The number of rotatable bonds is 2. The molecule has 0 bridgehead atoms. The van der Waals surface area contributed by atoms with Crippen LogP contribution in [0.2, 0.25) is 0 Å². The third kappa shape index (κ3) is 1.43. The number of aryl methyl sites for hydroxylation is 1. The smallest absolute Gasteiger partial charge is 0.106 e. The van der Waals surface area contributed by atoms with Crippen molar-refractivity contribution in [3.63, 3.8) is 0 Å². The van der Waals surface area contributed by atoms with Crippen molar-refractivity contribution in [1.82, 2.24) is 0 Å². The molecule has 0 amide bonds. The maximum Gasteiger partial charge on any atom is 0.106 e. The average molecular weight is 148 g/mol. The van der Waals surface area contributed by atoms with E-state index >= 15 is 0 Å². The van der Waals surface area contributed by atoms with Gasteiger partial charge in [0.2, 0.25) is 0 Å². The molecule has 1 heterocycles. The van der Waals surface area contributed by atoms with Crippen molar-refractivity contribution in [3.05, 3.63) is 35.4 Å². The molecule has 1 atom stereocenters. The van der Waals surface area contributed by atoms with Gasteiger partial charge in [-0.3, -0.25) is 0 Å². The molecule has 1 saturated heterocycles. The topological polar surface area (TPSA) is 12.5 Å². The van der Waals surface area contributed by atoms with Gasteiger partial charge in [0, 0.05) is 0 Å². The third-order valence-electron chi connectivity index (χ3n) is 2.09. The van der Waals surface area contributed by atoms with Gasteiger partial charge in [-0.15, -0.1) is 0 Å². The molecule has 0 aliphatic carbocycles. The summed E-state index contributed by atoms with van der Waals surface area (Å²) in [4.78, 5) is 0. The molecule has 2 rings (SSSR count). The molecular formula is C10H12O. The van der Waals surface area contributed by atoms with Gasteiger partial charge in [-0.05, 0) is 17.5 Å². The first-order chi connectivity index (χ1) is 5.40. The Kier molecular flexibility index (Phi) is 1.66. The molecule has 1 fully saturated rings. The van der Waals surface area contributed by atoms with E-state index in [9.17, 15) is 0 Å². The maximum atomic E-state index is 5.17. The number of hydrogen-bond donors (Lipinski definition) is 0. The van der Waals surface area contributed by atoms with Gasteiger partial charge in [0.25, 0.3) is 0 Å². The Labute approximate surface area is 67.0 Å². The van der Waals surface area contributed by atoms with Crippen LogP contribution in [0.5, 0.6) is 0 Å². The normalized spacial score (nSPS) is 21.7. The SMILES string of the molecule is CCc1ccc([C@@H]2CO2)cc1. The van der Waals surface area contributed by atoms with Crippen LogP contribution in [0, 0.1) is 0 Å². The van der Waals surface area contributed by atoms with E-state index in [1.54, 1.807) is 0 Å². The van der Waals surface area contributed by atoms with Crippen LogP contribution in [-0.2, 0) is 11.2 Å². The van der Waals surface area contributed by atoms with Crippen LogP contribution >= 0.6 is 0 Å². The summed E-state index contributed by atoms with van der Waals surface area (Å²) >= 11 is 0. The summed E-state index contributed by atoms with van der Waals surface area (Å²) in [6.45, 7) is 3.08. The molecule has 0 spiro atoms. The third-order valence-corrected chi connectivity index (χ3v) is 2.09. The van der Waals surface area contributed by atoms with Crippen LogP contribution in [0.15, 0.2) is 24.3 Å². The number of epoxide rings is 1. The van der Waals surface area contributed by atoms with E-state index in [-0.39, 0.29) is 0 Å². The Morgan fingerprint density at radius 1 is 1.36 bits per heavy atom. The number of hydrogen-bond acceptors (Lipinski definition) is 1. The number of benzene rings is 1. The van der Waals surface area contributed by atoms with Crippen molar-refractivity contribution < 1.29 is 4.74 Å². The Morgan fingerprint density at radius 2 is 2.00 bits per heavy atom. The minimum Gasteiger partial charge on any atom is -0.368 e. The summed E-state index contributed by atoms with van der Waals surface area (Å²) in [5.41, 5.74) is 2.72. The van der Waals surface area contributed by atoms with Gasteiger partial charge in [-0.1, -0.05) is 31.2 Å². The largest absolute Gasteiger partial charge is 0.368 e. The van der Waals surface area contributed by atoms with Crippen LogP contribution in [0.3, 0.4) is 0 Å². The highest BCUT2D eigenvalue weighted by atomic mass is 16.6. The fourth-order valence-corrected chi connectivity index (χ4v) is 1.21. The van der Waals surface area contributed by atoms with Crippen molar-refractivity contribution in [2.24, 2.45) is 0 Å². The van der Waals surface area contributed by atoms with Crippen LogP contribution < -0.4 is 0 Å². The van der Waals surface area contributed by atoms with E-state index < -0.39 is 0 Å². The highest BCUT2D eigenvalue weighted by Crippen LogP contribution is 2.29. The zero-order valence-electron chi connectivity index (χ0n) is 6.71. The zero-order valence-corrected chi connectivity index (χ0v) is 6.71. The van der Waals surface area contributed by atoms with Crippen molar-refractivity contribution in [2.45, 2.75) is 19.4 Å². The summed E-state index contributed by atoms with van der Waals surface area (Å²) in [5.74, 6) is 0. The first-order valence-electron chi connectivity index (χ1n) is 4.10. The van der Waals surface area contributed by atoms with Gasteiger partial charge < -0.3 is 4.74 Å². The highest BCUT2D eigenvalue weighted by molar-refractivity contribution is 5.25. The molecule has 1 nitrogen and oxygen atoms in total. The first-order valence-corrected chi connectivity index (χ1v) is 4.10. The van der Waals surface area contributed by atoms with Gasteiger partial charge in [0.1, 0.15) is 6.10 Å². The summed E-state index contributed by atoms with van der Waals surface area (Å²) in [6, 6.07) is 8.68. The molecule has 11 heavy (non-hydrogen) atoms. The summed E-state index contributed by atoms with van der Waals surface area (Å²) in [5, 5.41) is 0. The molecule has 1 heteroatoms. The molecule has 0 unspecified atom stereocenters. The van der Waals surface area contributed by atoms with Gasteiger partial charge in [-0.25, -0.2) is 0 Å². The minimum absolute atomic E-state index is 0.404. The summed E-state index contributed by atoms with van der Waals surface area (Å²) in [6.07, 6.45) is 1.52. The second-order valence-electron chi connectivity index (χ2n) is 2.92. The highest BCUT2D eigenvalue weighted by Gasteiger charge is 2.23. The predicted octanol–water partition coefficient (Wildman–Crippen LogP) is 2.32. The molecule has 0 aromatic heterocycles. The Hall–Kier alpha value is -0.820. The minimum atomic E-state index is 0.404. The lowest BCUT2D eigenvalue weighted by molar-refractivity contribution is 0.415. The van der Waals surface area contributed by atoms with E-state index in [1.165, 1.54) is 11.1 Å². The fourth-order valence-electron chi connectivity index (χ4n) is 1.21. The zero-order chi connectivity index (χ0) is 7.68.